The molecule has 0 aliphatic carbocycles. The highest BCUT2D eigenvalue weighted by Crippen LogP contribution is 2.29. The fraction of sp³-hybridized carbons (Fsp3) is 0.333. The predicted molar refractivity (Wildman–Crippen MR) is 91.7 cm³/mol. The maximum absolute atomic E-state index is 6.56. The molecule has 1 unspecified atom stereocenters. The van der Waals surface area contributed by atoms with Gasteiger partial charge in [0.15, 0.2) is 0 Å². The van der Waals surface area contributed by atoms with Gasteiger partial charge in [0.1, 0.15) is 0 Å². The Labute approximate surface area is 141 Å². The third-order valence-electron chi connectivity index (χ3n) is 3.94. The molecule has 0 saturated carbocycles. The first-order chi connectivity index (χ1) is 10.7. The molecule has 1 saturated heterocycles. The standard InChI is InChI=1S/C18H19Cl2NO/c19-17-7-5-16(6-8-17)18(20)15-3-1-14(2-4-15)13-21-9-11-22-12-10-21/h1-8,18H,9-13H2. The molecule has 0 N–H and O–H groups in total. The summed E-state index contributed by atoms with van der Waals surface area (Å²) in [5, 5.41) is 0.586. The van der Waals surface area contributed by atoms with Gasteiger partial charge in [-0.2, -0.15) is 0 Å². The van der Waals surface area contributed by atoms with Crippen LogP contribution in [0.1, 0.15) is 22.1 Å². The van der Waals surface area contributed by atoms with Gasteiger partial charge in [0, 0.05) is 24.7 Å². The van der Waals surface area contributed by atoms with Gasteiger partial charge in [-0.15, -0.1) is 11.6 Å². The maximum atomic E-state index is 6.56. The number of morpholine rings is 1. The highest BCUT2D eigenvalue weighted by molar-refractivity contribution is 6.30. The van der Waals surface area contributed by atoms with E-state index in [-0.39, 0.29) is 5.38 Å². The maximum Gasteiger partial charge on any atom is 0.0835 e. The van der Waals surface area contributed by atoms with E-state index in [1.807, 2.05) is 24.3 Å². The summed E-state index contributed by atoms with van der Waals surface area (Å²) in [4.78, 5) is 2.41. The van der Waals surface area contributed by atoms with Gasteiger partial charge in [-0.05, 0) is 28.8 Å². The lowest BCUT2D eigenvalue weighted by atomic mass is 10.0. The highest BCUT2D eigenvalue weighted by atomic mass is 35.5. The molecule has 1 aliphatic rings. The number of ether oxygens (including phenoxy) is 1. The molecule has 1 aliphatic heterocycles. The summed E-state index contributed by atoms with van der Waals surface area (Å²) in [7, 11) is 0. The largest absolute Gasteiger partial charge is 0.379 e. The Balaban J connectivity index is 1.66. The minimum Gasteiger partial charge on any atom is -0.379 e. The molecule has 2 aromatic rings. The molecule has 1 fully saturated rings. The fourth-order valence-corrected chi connectivity index (χ4v) is 3.05. The van der Waals surface area contributed by atoms with Crippen molar-refractivity contribution in [2.24, 2.45) is 0 Å². The Hall–Kier alpha value is -1.06. The summed E-state index contributed by atoms with van der Waals surface area (Å²) in [6, 6.07) is 16.2. The number of alkyl halides is 1. The van der Waals surface area contributed by atoms with Crippen molar-refractivity contribution in [3.63, 3.8) is 0 Å². The zero-order chi connectivity index (χ0) is 15.4. The van der Waals surface area contributed by atoms with Crippen molar-refractivity contribution in [1.29, 1.82) is 0 Å². The molecule has 0 amide bonds. The Bertz CT molecular complexity index is 591. The molecule has 0 bridgehead atoms. The molecule has 0 aromatic heterocycles. The Morgan fingerprint density at radius 3 is 2.05 bits per heavy atom. The Morgan fingerprint density at radius 2 is 1.45 bits per heavy atom. The van der Waals surface area contributed by atoms with E-state index in [0.29, 0.717) is 0 Å². The molecule has 2 aromatic carbocycles. The van der Waals surface area contributed by atoms with E-state index in [1.165, 1.54) is 5.56 Å². The second-order valence-corrected chi connectivity index (χ2v) is 6.42. The van der Waals surface area contributed by atoms with Crippen molar-refractivity contribution < 1.29 is 4.74 Å². The summed E-state index contributed by atoms with van der Waals surface area (Å²) >= 11 is 12.5. The van der Waals surface area contributed by atoms with Gasteiger partial charge in [0.05, 0.1) is 18.6 Å². The van der Waals surface area contributed by atoms with Gasteiger partial charge in [0.2, 0.25) is 0 Å². The second-order valence-electron chi connectivity index (χ2n) is 5.54. The Kier molecular flexibility index (Phi) is 5.37. The van der Waals surface area contributed by atoms with Crippen molar-refractivity contribution in [3.8, 4) is 0 Å². The van der Waals surface area contributed by atoms with Crippen molar-refractivity contribution in [3.05, 3.63) is 70.2 Å². The number of hydrogen-bond acceptors (Lipinski definition) is 2. The van der Waals surface area contributed by atoms with E-state index in [4.69, 9.17) is 27.9 Å². The number of rotatable bonds is 4. The molecule has 4 heteroatoms. The van der Waals surface area contributed by atoms with Crippen LogP contribution in [0.15, 0.2) is 48.5 Å². The molecule has 1 heterocycles. The quantitative estimate of drug-likeness (QED) is 0.762. The third-order valence-corrected chi connectivity index (χ3v) is 4.70. The average Bonchev–Trinajstić information content (AvgIpc) is 2.57. The molecule has 0 radical (unpaired) electrons. The van der Waals surface area contributed by atoms with Crippen molar-refractivity contribution in [2.45, 2.75) is 11.9 Å². The van der Waals surface area contributed by atoms with Gasteiger partial charge in [0.25, 0.3) is 0 Å². The average molecular weight is 336 g/mol. The lowest BCUT2D eigenvalue weighted by Crippen LogP contribution is -2.35. The van der Waals surface area contributed by atoms with Gasteiger partial charge in [-0.3, -0.25) is 4.90 Å². The highest BCUT2D eigenvalue weighted by Gasteiger charge is 2.13. The summed E-state index contributed by atoms with van der Waals surface area (Å²) in [5.41, 5.74) is 3.48. The molecule has 0 spiro atoms. The minimum atomic E-state index is -0.144. The molecular formula is C18H19Cl2NO. The molecule has 2 nitrogen and oxygen atoms in total. The van der Waals surface area contributed by atoms with Gasteiger partial charge in [-0.25, -0.2) is 0 Å². The van der Waals surface area contributed by atoms with Crippen molar-refractivity contribution in [2.75, 3.05) is 26.3 Å². The lowest BCUT2D eigenvalue weighted by Gasteiger charge is -2.26. The van der Waals surface area contributed by atoms with Crippen LogP contribution >= 0.6 is 23.2 Å². The van der Waals surface area contributed by atoms with E-state index in [2.05, 4.69) is 29.2 Å². The topological polar surface area (TPSA) is 12.5 Å². The van der Waals surface area contributed by atoms with Crippen LogP contribution in [0.2, 0.25) is 5.02 Å². The first kappa shape index (κ1) is 15.8. The number of halogens is 2. The van der Waals surface area contributed by atoms with Crippen LogP contribution in [0.3, 0.4) is 0 Å². The molecule has 3 rings (SSSR count). The SMILES string of the molecule is Clc1ccc(C(Cl)c2ccc(CN3CCOCC3)cc2)cc1. The van der Waals surface area contributed by atoms with Crippen molar-refractivity contribution in [1.82, 2.24) is 4.90 Å². The number of hydrogen-bond donors (Lipinski definition) is 0. The van der Waals surface area contributed by atoms with Gasteiger partial charge in [-0.1, -0.05) is 48.0 Å². The fourth-order valence-electron chi connectivity index (χ4n) is 2.63. The zero-order valence-electron chi connectivity index (χ0n) is 12.3. The first-order valence-electron chi connectivity index (χ1n) is 7.51. The van der Waals surface area contributed by atoms with E-state index >= 15 is 0 Å². The van der Waals surface area contributed by atoms with E-state index in [0.717, 1.165) is 49.0 Å². The number of benzene rings is 2. The van der Waals surface area contributed by atoms with E-state index < -0.39 is 0 Å². The first-order valence-corrected chi connectivity index (χ1v) is 8.32. The van der Waals surface area contributed by atoms with Crippen molar-refractivity contribution >= 4 is 23.2 Å². The minimum absolute atomic E-state index is 0.144. The lowest BCUT2D eigenvalue weighted by molar-refractivity contribution is 0.0342. The number of nitrogens with zero attached hydrogens (tertiary/aromatic N) is 1. The molecule has 116 valence electrons. The summed E-state index contributed by atoms with van der Waals surface area (Å²) in [6.45, 7) is 4.64. The smallest absolute Gasteiger partial charge is 0.0835 e. The molecular weight excluding hydrogens is 317 g/mol. The van der Waals surface area contributed by atoms with Crippen LogP contribution < -0.4 is 0 Å². The second kappa shape index (κ2) is 7.47. The summed E-state index contributed by atoms with van der Waals surface area (Å²) < 4.78 is 5.38. The normalized spacial score (nSPS) is 17.4. The van der Waals surface area contributed by atoms with Crippen LogP contribution in [-0.4, -0.2) is 31.2 Å². The predicted octanol–water partition coefficient (Wildman–Crippen LogP) is 4.50. The van der Waals surface area contributed by atoms with E-state index in [1.54, 1.807) is 0 Å². The monoisotopic (exact) mass is 335 g/mol. The van der Waals surface area contributed by atoms with Crippen LogP contribution in [0, 0.1) is 0 Å². The summed E-state index contributed by atoms with van der Waals surface area (Å²) in [5.74, 6) is 0. The van der Waals surface area contributed by atoms with Gasteiger partial charge >= 0.3 is 0 Å². The van der Waals surface area contributed by atoms with Gasteiger partial charge < -0.3 is 4.74 Å². The Morgan fingerprint density at radius 1 is 0.909 bits per heavy atom. The summed E-state index contributed by atoms with van der Waals surface area (Å²) in [6.07, 6.45) is 0. The molecule has 1 atom stereocenters. The van der Waals surface area contributed by atoms with Crippen LogP contribution in [-0.2, 0) is 11.3 Å². The van der Waals surface area contributed by atoms with Crippen LogP contribution in [0.25, 0.3) is 0 Å². The zero-order valence-corrected chi connectivity index (χ0v) is 13.9. The third kappa shape index (κ3) is 4.02. The van der Waals surface area contributed by atoms with Crippen LogP contribution in [0.4, 0.5) is 0 Å². The van der Waals surface area contributed by atoms with Crippen LogP contribution in [0.5, 0.6) is 0 Å². The molecule has 22 heavy (non-hydrogen) atoms. The van der Waals surface area contributed by atoms with E-state index in [9.17, 15) is 0 Å².